The van der Waals surface area contributed by atoms with E-state index in [0.29, 0.717) is 6.42 Å². The van der Waals surface area contributed by atoms with E-state index in [1.54, 1.807) is 0 Å². The largest absolute Gasteiger partial charge is 0.371 e. The van der Waals surface area contributed by atoms with Crippen molar-refractivity contribution in [3.8, 4) is 0 Å². The maximum Gasteiger partial charge on any atom is 0.219 e. The third-order valence-electron chi connectivity index (χ3n) is 6.06. The predicted octanol–water partition coefficient (Wildman–Crippen LogP) is 7.05. The summed E-state index contributed by atoms with van der Waals surface area (Å²) in [5, 5.41) is 3.66. The van der Waals surface area contributed by atoms with Crippen molar-refractivity contribution >= 4 is 57.8 Å². The topological polar surface area (TPSA) is 15.0 Å². The Kier molecular flexibility index (Phi) is 4.49. The monoisotopic (exact) mass is 462 g/mol. The average Bonchev–Trinajstić information content (AvgIpc) is 3.29. The second kappa shape index (κ2) is 6.72. The molecule has 3 aromatic carbocycles. The lowest BCUT2D eigenvalue weighted by atomic mass is 9.79. The molecule has 2 atom stereocenters. The van der Waals surface area contributed by atoms with Gasteiger partial charge in [-0.25, -0.2) is 0 Å². The summed E-state index contributed by atoms with van der Waals surface area (Å²) >= 11 is 27.4. The summed E-state index contributed by atoms with van der Waals surface area (Å²) in [6.45, 7) is 0. The molecule has 1 N–H and O–H groups in total. The second-order valence-corrected chi connectivity index (χ2v) is 9.94. The number of nitrogens with one attached hydrogen (secondary N) is 1. The van der Waals surface area contributed by atoms with Gasteiger partial charge in [0.25, 0.3) is 0 Å². The number of nitrogens with zero attached hydrogens (tertiary/aromatic N) is 1. The minimum absolute atomic E-state index is 0.493. The number of rotatable bonds is 3. The Balaban J connectivity index is 1.81. The van der Waals surface area contributed by atoms with Crippen LogP contribution in [0.5, 0.6) is 0 Å². The van der Waals surface area contributed by atoms with Crippen LogP contribution in [0.15, 0.2) is 84.9 Å². The summed E-state index contributed by atoms with van der Waals surface area (Å²) in [7, 11) is 0. The van der Waals surface area contributed by atoms with Gasteiger partial charge in [-0.1, -0.05) is 96.0 Å². The van der Waals surface area contributed by atoms with E-state index in [1.165, 1.54) is 0 Å². The van der Waals surface area contributed by atoms with Crippen molar-refractivity contribution in [2.45, 2.75) is 26.8 Å². The Morgan fingerprint density at radius 3 is 1.93 bits per heavy atom. The van der Waals surface area contributed by atoms with Crippen molar-refractivity contribution in [1.82, 2.24) is 0 Å². The van der Waals surface area contributed by atoms with Crippen LogP contribution in [-0.2, 0) is 11.1 Å². The van der Waals surface area contributed by atoms with E-state index in [-0.39, 0.29) is 0 Å². The van der Waals surface area contributed by atoms with E-state index in [1.807, 2.05) is 72.8 Å². The van der Waals surface area contributed by atoms with Crippen LogP contribution in [0.4, 0.5) is 11.4 Å². The molecule has 2 heterocycles. The van der Waals surface area contributed by atoms with Gasteiger partial charge in [0.15, 0.2) is 0 Å². The number of alkyl halides is 4. The first-order chi connectivity index (χ1) is 13.9. The van der Waals surface area contributed by atoms with Crippen molar-refractivity contribution < 1.29 is 0 Å². The third-order valence-corrected chi connectivity index (χ3v) is 7.77. The van der Waals surface area contributed by atoms with Crippen molar-refractivity contribution in [3.63, 3.8) is 0 Å². The van der Waals surface area contributed by atoms with Crippen molar-refractivity contribution in [3.05, 3.63) is 96.1 Å². The second-order valence-electron chi connectivity index (χ2n) is 7.56. The fraction of sp³-hybridized carbons (Fsp3) is 0.217. The number of fused-ring (bicyclic) bond motifs is 3. The fourth-order valence-corrected chi connectivity index (χ4v) is 6.06. The first kappa shape index (κ1) is 19.4. The lowest BCUT2D eigenvalue weighted by Crippen LogP contribution is -2.45. The Bertz CT molecular complexity index is 1000. The molecule has 5 rings (SSSR count). The molecular formula is C23H18Cl4N2. The molecule has 2 unspecified atom stereocenters. The molecule has 1 saturated heterocycles. The molecule has 0 aliphatic carbocycles. The van der Waals surface area contributed by atoms with E-state index in [2.05, 4.69) is 22.3 Å². The lowest BCUT2D eigenvalue weighted by Gasteiger charge is -2.39. The van der Waals surface area contributed by atoms with Gasteiger partial charge in [0.05, 0.1) is 16.9 Å². The van der Waals surface area contributed by atoms with Gasteiger partial charge in [-0.05, 0) is 23.3 Å². The quantitative estimate of drug-likeness (QED) is 0.254. The number of hydrogen-bond acceptors (Lipinski definition) is 2. The SMILES string of the molecule is ClC(Cl)C1(c2ccccc2)CC2(c3ccccc3)N(c3ccccc3N1)C2(Cl)Cl. The van der Waals surface area contributed by atoms with Crippen LogP contribution in [0.2, 0.25) is 0 Å². The van der Waals surface area contributed by atoms with Crippen molar-refractivity contribution in [2.75, 3.05) is 10.2 Å². The Hall–Kier alpha value is -1.58. The van der Waals surface area contributed by atoms with Crippen molar-refractivity contribution in [2.24, 2.45) is 0 Å². The highest BCUT2D eigenvalue weighted by atomic mass is 35.5. The third kappa shape index (κ3) is 2.63. The molecule has 6 heteroatoms. The lowest BCUT2D eigenvalue weighted by molar-refractivity contribution is 0.415. The molecule has 0 bridgehead atoms. The van der Waals surface area contributed by atoms with Gasteiger partial charge in [0, 0.05) is 6.42 Å². The number of hydrogen-bond donors (Lipinski definition) is 1. The summed E-state index contributed by atoms with van der Waals surface area (Å²) in [6.07, 6.45) is 0.493. The molecular weight excluding hydrogens is 446 g/mol. The molecule has 2 aliphatic heterocycles. The van der Waals surface area contributed by atoms with Gasteiger partial charge >= 0.3 is 0 Å². The van der Waals surface area contributed by atoms with E-state index < -0.39 is 20.4 Å². The van der Waals surface area contributed by atoms with Crippen LogP contribution < -0.4 is 10.2 Å². The van der Waals surface area contributed by atoms with Crippen LogP contribution in [0.25, 0.3) is 0 Å². The zero-order valence-corrected chi connectivity index (χ0v) is 18.4. The molecule has 0 saturated carbocycles. The standard InChI is InChI=1S/C23H18Cl4N2/c24-20(25)21(16-9-3-1-4-10-16)15-22(17-11-5-2-6-12-17)23(26,27)29(22)19-14-8-7-13-18(19)28-21/h1-14,20,28H,15H2. The minimum Gasteiger partial charge on any atom is -0.371 e. The maximum absolute atomic E-state index is 7.00. The van der Waals surface area contributed by atoms with E-state index in [4.69, 9.17) is 46.4 Å². The van der Waals surface area contributed by atoms with E-state index >= 15 is 0 Å². The first-order valence-electron chi connectivity index (χ1n) is 9.38. The van der Waals surface area contributed by atoms with Crippen LogP contribution in [0.3, 0.4) is 0 Å². The zero-order valence-electron chi connectivity index (χ0n) is 15.3. The highest BCUT2D eigenvalue weighted by Crippen LogP contribution is 2.72. The van der Waals surface area contributed by atoms with Crippen LogP contribution in [0, 0.1) is 0 Å². The number of benzene rings is 3. The number of anilines is 2. The first-order valence-corrected chi connectivity index (χ1v) is 11.0. The number of halogens is 4. The Morgan fingerprint density at radius 2 is 1.31 bits per heavy atom. The molecule has 1 fully saturated rings. The van der Waals surface area contributed by atoms with Crippen LogP contribution in [0.1, 0.15) is 17.5 Å². The fourth-order valence-electron chi connectivity index (χ4n) is 4.64. The Labute approximate surface area is 190 Å². The zero-order chi connectivity index (χ0) is 20.3. The van der Waals surface area contributed by atoms with E-state index in [9.17, 15) is 0 Å². The predicted molar refractivity (Wildman–Crippen MR) is 123 cm³/mol. The molecule has 2 aliphatic rings. The molecule has 0 spiro atoms. The van der Waals surface area contributed by atoms with Gasteiger partial charge in [0.1, 0.15) is 10.4 Å². The summed E-state index contributed by atoms with van der Waals surface area (Å²) in [5.74, 6) is 0. The molecule has 0 radical (unpaired) electrons. The summed E-state index contributed by atoms with van der Waals surface area (Å²) in [5.41, 5.74) is 2.35. The minimum atomic E-state index is -1.13. The summed E-state index contributed by atoms with van der Waals surface area (Å²) < 4.78 is -1.13. The van der Waals surface area contributed by atoms with Gasteiger partial charge in [0.2, 0.25) is 4.46 Å². The normalized spacial score (nSPS) is 26.9. The molecule has 3 aromatic rings. The van der Waals surface area contributed by atoms with Gasteiger partial charge in [-0.2, -0.15) is 0 Å². The maximum atomic E-state index is 7.00. The van der Waals surface area contributed by atoms with Gasteiger partial charge in [-0.3, -0.25) is 0 Å². The highest BCUT2D eigenvalue weighted by molar-refractivity contribution is 6.54. The van der Waals surface area contributed by atoms with E-state index in [0.717, 1.165) is 22.5 Å². The molecule has 0 amide bonds. The molecule has 148 valence electrons. The van der Waals surface area contributed by atoms with Crippen molar-refractivity contribution in [1.29, 1.82) is 0 Å². The summed E-state index contributed by atoms with van der Waals surface area (Å²) in [4.78, 5) is 1.31. The van der Waals surface area contributed by atoms with Crippen LogP contribution in [-0.4, -0.2) is 9.29 Å². The average molecular weight is 464 g/mol. The number of para-hydroxylation sites is 2. The smallest absolute Gasteiger partial charge is 0.219 e. The van der Waals surface area contributed by atoms with Gasteiger partial charge in [-0.15, -0.1) is 23.2 Å². The Morgan fingerprint density at radius 1 is 0.759 bits per heavy atom. The highest BCUT2D eigenvalue weighted by Gasteiger charge is 2.78. The van der Waals surface area contributed by atoms with Gasteiger partial charge < -0.3 is 10.2 Å². The summed E-state index contributed by atoms with van der Waals surface area (Å²) in [6, 6.07) is 28.1. The molecule has 29 heavy (non-hydrogen) atoms. The molecule has 0 aromatic heterocycles. The van der Waals surface area contributed by atoms with Crippen LogP contribution >= 0.6 is 46.4 Å². The molecule has 2 nitrogen and oxygen atoms in total.